The summed E-state index contributed by atoms with van der Waals surface area (Å²) in [5, 5.41) is 12.5. The van der Waals surface area contributed by atoms with E-state index in [4.69, 9.17) is 0 Å². The Morgan fingerprint density at radius 1 is 1.07 bits per heavy atom. The summed E-state index contributed by atoms with van der Waals surface area (Å²) in [5.41, 5.74) is 3.26. The zero-order valence-corrected chi connectivity index (χ0v) is 16.0. The average molecular weight is 363 g/mol. The van der Waals surface area contributed by atoms with Crippen LogP contribution in [0.1, 0.15) is 37.8 Å². The third-order valence-corrected chi connectivity index (χ3v) is 4.52. The second-order valence-electron chi connectivity index (χ2n) is 6.81. The van der Waals surface area contributed by atoms with Crippen LogP contribution in [0.15, 0.2) is 54.6 Å². The summed E-state index contributed by atoms with van der Waals surface area (Å²) in [4.78, 5) is 15.8. The Bertz CT molecular complexity index is 871. The maximum Gasteiger partial charge on any atom is 0.246 e. The number of carbonyl (C=O) groups is 1. The minimum absolute atomic E-state index is 0.0274. The molecule has 0 unspecified atom stereocenters. The SMILES string of the molecule is CCN(Cc1ccccc1)C(=O)Cn1nnc(-c2ccc(C(C)C)cc2)n1. The largest absolute Gasteiger partial charge is 0.337 e. The van der Waals surface area contributed by atoms with Gasteiger partial charge in [-0.05, 0) is 29.2 Å². The van der Waals surface area contributed by atoms with Crippen LogP contribution in [-0.4, -0.2) is 37.6 Å². The molecule has 0 atom stereocenters. The summed E-state index contributed by atoms with van der Waals surface area (Å²) < 4.78 is 0. The average Bonchev–Trinajstić information content (AvgIpc) is 3.15. The molecule has 0 saturated carbocycles. The van der Waals surface area contributed by atoms with E-state index < -0.39 is 0 Å². The molecule has 0 aliphatic heterocycles. The molecule has 3 aromatic rings. The van der Waals surface area contributed by atoms with E-state index in [0.717, 1.165) is 11.1 Å². The fourth-order valence-corrected chi connectivity index (χ4v) is 2.84. The molecular formula is C21H25N5O. The summed E-state index contributed by atoms with van der Waals surface area (Å²) in [7, 11) is 0. The van der Waals surface area contributed by atoms with Gasteiger partial charge in [0.25, 0.3) is 0 Å². The Hall–Kier alpha value is -3.02. The van der Waals surface area contributed by atoms with Crippen molar-refractivity contribution in [1.29, 1.82) is 0 Å². The second-order valence-corrected chi connectivity index (χ2v) is 6.81. The highest BCUT2D eigenvalue weighted by Crippen LogP contribution is 2.19. The van der Waals surface area contributed by atoms with Crippen LogP contribution in [0.2, 0.25) is 0 Å². The van der Waals surface area contributed by atoms with Crippen molar-refractivity contribution in [2.45, 2.75) is 39.8 Å². The number of carbonyl (C=O) groups excluding carboxylic acids is 1. The number of benzene rings is 2. The maximum absolute atomic E-state index is 12.6. The van der Waals surface area contributed by atoms with E-state index in [1.165, 1.54) is 10.4 Å². The normalized spacial score (nSPS) is 11.0. The van der Waals surface area contributed by atoms with Crippen LogP contribution in [-0.2, 0) is 17.9 Å². The van der Waals surface area contributed by atoms with Crippen molar-refractivity contribution >= 4 is 5.91 Å². The molecule has 0 N–H and O–H groups in total. The minimum atomic E-state index is -0.0274. The number of nitrogens with zero attached hydrogens (tertiary/aromatic N) is 5. The number of tetrazole rings is 1. The molecule has 6 nitrogen and oxygen atoms in total. The van der Waals surface area contributed by atoms with Gasteiger partial charge in [-0.15, -0.1) is 10.2 Å². The Balaban J connectivity index is 1.66. The summed E-state index contributed by atoms with van der Waals surface area (Å²) in [6, 6.07) is 18.1. The Morgan fingerprint density at radius 2 is 1.78 bits per heavy atom. The van der Waals surface area contributed by atoms with Gasteiger partial charge in [0.1, 0.15) is 6.54 Å². The van der Waals surface area contributed by atoms with Crippen LogP contribution in [0.25, 0.3) is 11.4 Å². The van der Waals surface area contributed by atoms with E-state index in [1.807, 2.05) is 49.4 Å². The first kappa shape index (κ1) is 18.8. The highest BCUT2D eigenvalue weighted by Gasteiger charge is 2.15. The first-order valence-electron chi connectivity index (χ1n) is 9.26. The van der Waals surface area contributed by atoms with Gasteiger partial charge in [-0.25, -0.2) is 0 Å². The quantitative estimate of drug-likeness (QED) is 0.644. The van der Waals surface area contributed by atoms with Crippen molar-refractivity contribution in [2.24, 2.45) is 0 Å². The van der Waals surface area contributed by atoms with Gasteiger partial charge in [-0.3, -0.25) is 4.79 Å². The van der Waals surface area contributed by atoms with E-state index in [0.29, 0.717) is 24.8 Å². The van der Waals surface area contributed by atoms with Crippen LogP contribution in [0.4, 0.5) is 0 Å². The third kappa shape index (κ3) is 4.78. The van der Waals surface area contributed by atoms with Crippen molar-refractivity contribution in [3.05, 3.63) is 65.7 Å². The van der Waals surface area contributed by atoms with Crippen LogP contribution >= 0.6 is 0 Å². The molecule has 0 fully saturated rings. The molecule has 0 bridgehead atoms. The summed E-state index contributed by atoms with van der Waals surface area (Å²) in [5.74, 6) is 0.981. The third-order valence-electron chi connectivity index (χ3n) is 4.52. The molecule has 0 aliphatic rings. The summed E-state index contributed by atoms with van der Waals surface area (Å²) in [6.45, 7) is 7.57. The van der Waals surface area contributed by atoms with E-state index in [2.05, 4.69) is 41.4 Å². The lowest BCUT2D eigenvalue weighted by Gasteiger charge is -2.20. The van der Waals surface area contributed by atoms with Gasteiger partial charge in [0.2, 0.25) is 11.7 Å². The minimum Gasteiger partial charge on any atom is -0.337 e. The lowest BCUT2D eigenvalue weighted by Crippen LogP contribution is -2.33. The van der Waals surface area contributed by atoms with E-state index in [9.17, 15) is 4.79 Å². The molecule has 0 aliphatic carbocycles. The molecule has 0 saturated heterocycles. The van der Waals surface area contributed by atoms with Crippen molar-refractivity contribution in [3.63, 3.8) is 0 Å². The summed E-state index contributed by atoms with van der Waals surface area (Å²) >= 11 is 0. The zero-order valence-electron chi connectivity index (χ0n) is 16.0. The van der Waals surface area contributed by atoms with Gasteiger partial charge in [0.05, 0.1) is 0 Å². The molecule has 140 valence electrons. The van der Waals surface area contributed by atoms with Gasteiger partial charge in [0.15, 0.2) is 0 Å². The number of aromatic nitrogens is 4. The molecular weight excluding hydrogens is 338 g/mol. The number of amides is 1. The molecule has 2 aromatic carbocycles. The maximum atomic E-state index is 12.6. The predicted octanol–water partition coefficient (Wildman–Crippen LogP) is 3.51. The fraction of sp³-hybridized carbons (Fsp3) is 0.333. The number of hydrogen-bond acceptors (Lipinski definition) is 4. The van der Waals surface area contributed by atoms with Crippen molar-refractivity contribution in [2.75, 3.05) is 6.54 Å². The number of hydrogen-bond donors (Lipinski definition) is 0. The molecule has 1 aromatic heterocycles. The lowest BCUT2D eigenvalue weighted by atomic mass is 10.0. The Labute approximate surface area is 159 Å². The smallest absolute Gasteiger partial charge is 0.246 e. The van der Waals surface area contributed by atoms with Gasteiger partial charge in [0, 0.05) is 18.7 Å². The number of likely N-dealkylation sites (N-methyl/N-ethyl adjacent to an activating group) is 1. The van der Waals surface area contributed by atoms with Gasteiger partial charge in [-0.1, -0.05) is 68.4 Å². The van der Waals surface area contributed by atoms with Gasteiger partial charge in [-0.2, -0.15) is 4.80 Å². The van der Waals surface area contributed by atoms with Crippen molar-refractivity contribution in [3.8, 4) is 11.4 Å². The van der Waals surface area contributed by atoms with Crippen molar-refractivity contribution in [1.82, 2.24) is 25.1 Å². The van der Waals surface area contributed by atoms with E-state index in [-0.39, 0.29) is 12.5 Å². The predicted molar refractivity (Wildman–Crippen MR) is 105 cm³/mol. The van der Waals surface area contributed by atoms with Crippen LogP contribution in [0.3, 0.4) is 0 Å². The molecule has 1 heterocycles. The molecule has 0 radical (unpaired) electrons. The molecule has 27 heavy (non-hydrogen) atoms. The van der Waals surface area contributed by atoms with Crippen LogP contribution in [0, 0.1) is 0 Å². The molecule has 1 amide bonds. The number of rotatable bonds is 7. The zero-order chi connectivity index (χ0) is 19.2. The first-order chi connectivity index (χ1) is 13.1. The van der Waals surface area contributed by atoms with Gasteiger partial charge >= 0.3 is 0 Å². The second kappa shape index (κ2) is 8.58. The van der Waals surface area contributed by atoms with Gasteiger partial charge < -0.3 is 4.90 Å². The topological polar surface area (TPSA) is 63.9 Å². The van der Waals surface area contributed by atoms with Crippen LogP contribution < -0.4 is 0 Å². The molecule has 3 rings (SSSR count). The van der Waals surface area contributed by atoms with Crippen molar-refractivity contribution < 1.29 is 4.79 Å². The highest BCUT2D eigenvalue weighted by atomic mass is 16.2. The summed E-state index contributed by atoms with van der Waals surface area (Å²) in [6.07, 6.45) is 0. The Morgan fingerprint density at radius 3 is 2.41 bits per heavy atom. The van der Waals surface area contributed by atoms with Crippen LogP contribution in [0.5, 0.6) is 0 Å². The molecule has 0 spiro atoms. The first-order valence-corrected chi connectivity index (χ1v) is 9.26. The van der Waals surface area contributed by atoms with E-state index >= 15 is 0 Å². The van der Waals surface area contributed by atoms with E-state index in [1.54, 1.807) is 4.90 Å². The standard InChI is InChI=1S/C21H25N5O/c1-4-25(14-17-8-6-5-7-9-17)20(27)15-26-23-21(22-24-26)19-12-10-18(11-13-19)16(2)3/h5-13,16H,4,14-15H2,1-3H3. The Kier molecular flexibility index (Phi) is 5.96. The highest BCUT2D eigenvalue weighted by molar-refractivity contribution is 5.75. The monoisotopic (exact) mass is 363 g/mol. The molecule has 6 heteroatoms. The lowest BCUT2D eigenvalue weighted by molar-refractivity contribution is -0.132. The fourth-order valence-electron chi connectivity index (χ4n) is 2.84.